The lowest BCUT2D eigenvalue weighted by molar-refractivity contribution is 1.06. The van der Waals surface area contributed by atoms with Crippen molar-refractivity contribution in [3.8, 4) is 0 Å². The number of rotatable bonds is 2. The first-order valence-corrected chi connectivity index (χ1v) is 2.47. The molecule has 0 saturated carbocycles. The van der Waals surface area contributed by atoms with Gasteiger partial charge >= 0.3 is 0 Å². The standard InChI is InChI=1S/C2H7NS2/c4-2-1-3-5/h3-5H,1-2H2. The highest BCUT2D eigenvalue weighted by atomic mass is 32.1. The van der Waals surface area contributed by atoms with E-state index in [2.05, 4.69) is 30.2 Å². The van der Waals surface area contributed by atoms with E-state index >= 15 is 0 Å². The Morgan fingerprint density at radius 2 is 2.20 bits per heavy atom. The third-order valence-electron chi connectivity index (χ3n) is 0.224. The zero-order chi connectivity index (χ0) is 4.12. The first-order chi connectivity index (χ1) is 2.41. The summed E-state index contributed by atoms with van der Waals surface area (Å²) in [6.45, 7) is 0.867. The molecule has 0 fully saturated rings. The molecule has 0 aromatic carbocycles. The van der Waals surface area contributed by atoms with Crippen LogP contribution >= 0.6 is 25.4 Å². The van der Waals surface area contributed by atoms with Gasteiger partial charge in [0.1, 0.15) is 0 Å². The normalized spacial score (nSPS) is 8.40. The Labute approximate surface area is 43.1 Å². The molecule has 32 valence electrons. The molecular formula is C2H7NS2. The first kappa shape index (κ1) is 5.66. The molecule has 0 aliphatic rings. The van der Waals surface area contributed by atoms with E-state index in [0.29, 0.717) is 0 Å². The van der Waals surface area contributed by atoms with E-state index in [0.717, 1.165) is 12.3 Å². The molecule has 0 amide bonds. The summed E-state index contributed by atoms with van der Waals surface area (Å²) in [5.74, 6) is 0.851. The third-order valence-corrected chi connectivity index (χ3v) is 0.671. The molecular weight excluding hydrogens is 102 g/mol. The zero-order valence-electron chi connectivity index (χ0n) is 2.81. The van der Waals surface area contributed by atoms with Crippen LogP contribution in [0.3, 0.4) is 0 Å². The van der Waals surface area contributed by atoms with Gasteiger partial charge in [-0.05, 0) is 0 Å². The molecule has 0 aliphatic heterocycles. The Hall–Kier alpha value is 0.660. The average Bonchev–Trinajstić information content (AvgIpc) is 1.41. The Morgan fingerprint density at radius 1 is 1.60 bits per heavy atom. The van der Waals surface area contributed by atoms with Gasteiger partial charge in [0.2, 0.25) is 0 Å². The molecule has 0 rings (SSSR count). The van der Waals surface area contributed by atoms with E-state index in [4.69, 9.17) is 0 Å². The van der Waals surface area contributed by atoms with Crippen LogP contribution in [0.25, 0.3) is 0 Å². The van der Waals surface area contributed by atoms with Gasteiger partial charge in [-0.15, -0.1) is 0 Å². The highest BCUT2D eigenvalue weighted by Crippen LogP contribution is 1.66. The van der Waals surface area contributed by atoms with Gasteiger partial charge in [-0.1, -0.05) is 12.8 Å². The van der Waals surface area contributed by atoms with Gasteiger partial charge in [-0.2, -0.15) is 12.6 Å². The van der Waals surface area contributed by atoms with Gasteiger partial charge in [0, 0.05) is 12.3 Å². The molecule has 0 aliphatic carbocycles. The number of hydrogen-bond donors (Lipinski definition) is 3. The van der Waals surface area contributed by atoms with Crippen LogP contribution in [-0.4, -0.2) is 12.3 Å². The quantitative estimate of drug-likeness (QED) is 0.435. The SMILES string of the molecule is SCCNS. The van der Waals surface area contributed by atoms with Crippen molar-refractivity contribution in [1.82, 2.24) is 4.72 Å². The monoisotopic (exact) mass is 109 g/mol. The van der Waals surface area contributed by atoms with Crippen LogP contribution in [0.5, 0.6) is 0 Å². The maximum Gasteiger partial charge on any atom is 0.0145 e. The van der Waals surface area contributed by atoms with E-state index in [9.17, 15) is 0 Å². The van der Waals surface area contributed by atoms with Crippen molar-refractivity contribution in [3.63, 3.8) is 0 Å². The molecule has 0 atom stereocenters. The molecule has 0 heterocycles. The number of nitrogens with one attached hydrogen (secondary N) is 1. The molecule has 1 nitrogen and oxygen atoms in total. The van der Waals surface area contributed by atoms with E-state index in [1.165, 1.54) is 0 Å². The number of thiol groups is 2. The molecule has 0 aromatic heterocycles. The Balaban J connectivity index is 2.19. The molecule has 3 heteroatoms. The number of hydrogen-bond acceptors (Lipinski definition) is 3. The molecule has 0 bridgehead atoms. The second-order valence-corrected chi connectivity index (χ2v) is 1.40. The summed E-state index contributed by atoms with van der Waals surface area (Å²) in [7, 11) is 0. The van der Waals surface area contributed by atoms with Gasteiger partial charge in [0.25, 0.3) is 0 Å². The fourth-order valence-corrected chi connectivity index (χ4v) is 0.450. The fourth-order valence-electron chi connectivity index (χ4n) is 0.0500. The Bertz CT molecular complexity index is 15.1. The first-order valence-electron chi connectivity index (χ1n) is 1.39. The largest absolute Gasteiger partial charge is 0.266 e. The Kier molecular flexibility index (Phi) is 5.28. The third kappa shape index (κ3) is 4.66. The average molecular weight is 109 g/mol. The Morgan fingerprint density at radius 3 is 2.20 bits per heavy atom. The maximum absolute atomic E-state index is 3.89. The van der Waals surface area contributed by atoms with Crippen molar-refractivity contribution in [3.05, 3.63) is 0 Å². The fraction of sp³-hybridized carbons (Fsp3) is 1.00. The summed E-state index contributed by atoms with van der Waals surface area (Å²) in [6, 6.07) is 0. The lowest BCUT2D eigenvalue weighted by atomic mass is 10.8. The van der Waals surface area contributed by atoms with E-state index in [1.54, 1.807) is 0 Å². The molecule has 0 radical (unpaired) electrons. The lowest BCUT2D eigenvalue weighted by Crippen LogP contribution is -2.00. The van der Waals surface area contributed by atoms with E-state index in [1.807, 2.05) is 0 Å². The van der Waals surface area contributed by atoms with Crippen molar-refractivity contribution < 1.29 is 0 Å². The predicted molar refractivity (Wildman–Crippen MR) is 30.8 cm³/mol. The summed E-state index contributed by atoms with van der Waals surface area (Å²) in [5.41, 5.74) is 0. The highest BCUT2D eigenvalue weighted by molar-refractivity contribution is 7.80. The maximum atomic E-state index is 3.89. The predicted octanol–water partition coefficient (Wildman–Crippen LogP) is 0.351. The summed E-state index contributed by atoms with van der Waals surface area (Å²) in [4.78, 5) is 0. The van der Waals surface area contributed by atoms with Crippen LogP contribution in [0.1, 0.15) is 0 Å². The van der Waals surface area contributed by atoms with Gasteiger partial charge in [-0.25, -0.2) is 0 Å². The van der Waals surface area contributed by atoms with Crippen molar-refractivity contribution in [2.45, 2.75) is 0 Å². The topological polar surface area (TPSA) is 12.0 Å². The summed E-state index contributed by atoms with van der Waals surface area (Å²) in [6.07, 6.45) is 0. The molecule has 0 unspecified atom stereocenters. The van der Waals surface area contributed by atoms with Gasteiger partial charge < -0.3 is 0 Å². The van der Waals surface area contributed by atoms with E-state index in [-0.39, 0.29) is 0 Å². The van der Waals surface area contributed by atoms with Crippen molar-refractivity contribution in [2.75, 3.05) is 12.3 Å². The minimum Gasteiger partial charge on any atom is -0.266 e. The molecule has 0 spiro atoms. The van der Waals surface area contributed by atoms with Crippen molar-refractivity contribution >= 4 is 25.4 Å². The van der Waals surface area contributed by atoms with Crippen LogP contribution < -0.4 is 4.72 Å². The van der Waals surface area contributed by atoms with Gasteiger partial charge in [0.15, 0.2) is 0 Å². The van der Waals surface area contributed by atoms with Crippen LogP contribution in [0.15, 0.2) is 0 Å². The molecule has 1 N–H and O–H groups in total. The second kappa shape index (κ2) is 4.66. The van der Waals surface area contributed by atoms with Crippen LogP contribution in [0.4, 0.5) is 0 Å². The zero-order valence-corrected chi connectivity index (χ0v) is 4.60. The minimum absolute atomic E-state index is 0.851. The minimum atomic E-state index is 0.851. The van der Waals surface area contributed by atoms with Crippen LogP contribution in [0, 0.1) is 0 Å². The van der Waals surface area contributed by atoms with E-state index < -0.39 is 0 Å². The van der Waals surface area contributed by atoms with Crippen LogP contribution in [0.2, 0.25) is 0 Å². The highest BCUT2D eigenvalue weighted by Gasteiger charge is 1.66. The van der Waals surface area contributed by atoms with Gasteiger partial charge in [-0.3, -0.25) is 4.72 Å². The smallest absolute Gasteiger partial charge is 0.0145 e. The summed E-state index contributed by atoms with van der Waals surface area (Å²) >= 11 is 7.59. The summed E-state index contributed by atoms with van der Waals surface area (Å²) in [5, 5.41) is 0. The van der Waals surface area contributed by atoms with Crippen molar-refractivity contribution in [2.24, 2.45) is 0 Å². The van der Waals surface area contributed by atoms with Crippen molar-refractivity contribution in [1.29, 1.82) is 0 Å². The lowest BCUT2D eigenvalue weighted by Gasteiger charge is -1.82. The second-order valence-electron chi connectivity index (χ2n) is 0.632. The molecule has 0 aromatic rings. The molecule has 5 heavy (non-hydrogen) atoms. The van der Waals surface area contributed by atoms with Crippen LogP contribution in [-0.2, 0) is 0 Å². The molecule has 0 saturated heterocycles. The summed E-state index contributed by atoms with van der Waals surface area (Å²) < 4.78 is 2.64. The van der Waals surface area contributed by atoms with Gasteiger partial charge in [0.05, 0.1) is 0 Å².